The number of nitrogens with two attached hydrogens (primary N) is 1. The lowest BCUT2D eigenvalue weighted by Gasteiger charge is -2.21. The van der Waals surface area contributed by atoms with E-state index in [1.165, 1.54) is 12.8 Å². The molecule has 1 aliphatic carbocycles. The first kappa shape index (κ1) is 14.2. The molecule has 3 rings (SSSR count). The highest BCUT2D eigenvalue weighted by molar-refractivity contribution is 5.81. The van der Waals surface area contributed by atoms with Crippen molar-refractivity contribution in [1.82, 2.24) is 5.32 Å². The summed E-state index contributed by atoms with van der Waals surface area (Å²) >= 11 is 0. The van der Waals surface area contributed by atoms with Crippen molar-refractivity contribution < 1.29 is 14.3 Å². The van der Waals surface area contributed by atoms with Crippen molar-refractivity contribution >= 4 is 5.91 Å². The van der Waals surface area contributed by atoms with E-state index in [2.05, 4.69) is 5.32 Å². The highest BCUT2D eigenvalue weighted by Gasteiger charge is 2.25. The zero-order valence-corrected chi connectivity index (χ0v) is 12.1. The van der Waals surface area contributed by atoms with Gasteiger partial charge in [-0.2, -0.15) is 0 Å². The summed E-state index contributed by atoms with van der Waals surface area (Å²) in [6.07, 6.45) is 5.50. The van der Waals surface area contributed by atoms with E-state index >= 15 is 0 Å². The Morgan fingerprint density at radius 3 is 2.57 bits per heavy atom. The predicted octanol–water partition coefficient (Wildman–Crippen LogP) is 1.91. The Labute approximate surface area is 124 Å². The van der Waals surface area contributed by atoms with E-state index in [-0.39, 0.29) is 5.91 Å². The van der Waals surface area contributed by atoms with E-state index in [0.29, 0.717) is 25.0 Å². The van der Waals surface area contributed by atoms with Crippen LogP contribution in [-0.2, 0) is 4.79 Å². The van der Waals surface area contributed by atoms with E-state index in [0.717, 1.165) is 30.6 Å². The summed E-state index contributed by atoms with van der Waals surface area (Å²) in [5.74, 6) is 1.08. The number of amides is 1. The van der Waals surface area contributed by atoms with Crippen molar-refractivity contribution in [1.29, 1.82) is 0 Å². The zero-order chi connectivity index (χ0) is 14.7. The molecule has 114 valence electrons. The predicted molar refractivity (Wildman–Crippen MR) is 79.4 cm³/mol. The smallest absolute Gasteiger partial charge is 0.239 e. The molecule has 5 heteroatoms. The molecular weight excluding hydrogens is 268 g/mol. The number of hydrogen-bond donors (Lipinski definition) is 2. The second-order valence-corrected chi connectivity index (χ2v) is 5.74. The lowest BCUT2D eigenvalue weighted by molar-refractivity contribution is -0.120. The molecule has 1 aromatic rings. The number of ether oxygens (including phenoxy) is 2. The van der Waals surface area contributed by atoms with Crippen LogP contribution in [0.5, 0.6) is 11.5 Å². The maximum Gasteiger partial charge on any atom is 0.239 e. The van der Waals surface area contributed by atoms with E-state index in [9.17, 15) is 4.79 Å². The van der Waals surface area contributed by atoms with Crippen LogP contribution in [0.1, 0.15) is 43.7 Å². The third-order valence-electron chi connectivity index (χ3n) is 4.15. The van der Waals surface area contributed by atoms with Crippen molar-refractivity contribution in [3.05, 3.63) is 23.8 Å². The van der Waals surface area contributed by atoms with Gasteiger partial charge in [-0.1, -0.05) is 18.9 Å². The number of carbonyl (C=O) groups excluding carboxylic acids is 1. The quantitative estimate of drug-likeness (QED) is 0.888. The van der Waals surface area contributed by atoms with Gasteiger partial charge in [-0.05, 0) is 30.5 Å². The number of primary amides is 1. The molecule has 0 bridgehead atoms. The minimum Gasteiger partial charge on any atom is -0.490 e. The van der Waals surface area contributed by atoms with Gasteiger partial charge in [0.25, 0.3) is 0 Å². The molecule has 0 saturated heterocycles. The molecule has 0 spiro atoms. The van der Waals surface area contributed by atoms with Crippen molar-refractivity contribution in [2.24, 2.45) is 5.73 Å². The Balaban J connectivity index is 1.81. The first-order chi connectivity index (χ1) is 10.2. The van der Waals surface area contributed by atoms with Crippen LogP contribution in [0, 0.1) is 0 Å². The van der Waals surface area contributed by atoms with Gasteiger partial charge in [0.2, 0.25) is 5.91 Å². The van der Waals surface area contributed by atoms with Gasteiger partial charge >= 0.3 is 0 Å². The highest BCUT2D eigenvalue weighted by Crippen LogP contribution is 2.33. The van der Waals surface area contributed by atoms with E-state index in [4.69, 9.17) is 15.2 Å². The Morgan fingerprint density at radius 2 is 1.86 bits per heavy atom. The Bertz CT molecular complexity index is 512. The average molecular weight is 290 g/mol. The molecule has 1 atom stereocenters. The van der Waals surface area contributed by atoms with Crippen molar-refractivity contribution in [2.75, 3.05) is 13.2 Å². The van der Waals surface area contributed by atoms with Gasteiger partial charge in [0.15, 0.2) is 11.5 Å². The number of hydrogen-bond acceptors (Lipinski definition) is 4. The molecule has 5 nitrogen and oxygen atoms in total. The number of benzene rings is 1. The molecule has 1 unspecified atom stereocenters. The lowest BCUT2D eigenvalue weighted by atomic mass is 10.0. The maximum absolute atomic E-state index is 11.8. The van der Waals surface area contributed by atoms with Gasteiger partial charge in [-0.15, -0.1) is 0 Å². The van der Waals surface area contributed by atoms with Crippen LogP contribution in [0.4, 0.5) is 0 Å². The van der Waals surface area contributed by atoms with Crippen molar-refractivity contribution in [2.45, 2.75) is 44.2 Å². The first-order valence-electron chi connectivity index (χ1n) is 7.69. The van der Waals surface area contributed by atoms with Crippen LogP contribution in [0.2, 0.25) is 0 Å². The van der Waals surface area contributed by atoms with Crippen LogP contribution in [0.25, 0.3) is 0 Å². The summed E-state index contributed by atoms with van der Waals surface area (Å²) < 4.78 is 11.3. The van der Waals surface area contributed by atoms with Gasteiger partial charge in [-0.25, -0.2) is 0 Å². The first-order valence-corrected chi connectivity index (χ1v) is 7.69. The Kier molecular flexibility index (Phi) is 4.29. The van der Waals surface area contributed by atoms with Gasteiger partial charge in [-0.3, -0.25) is 10.1 Å². The molecule has 2 aliphatic rings. The zero-order valence-electron chi connectivity index (χ0n) is 12.1. The minimum atomic E-state index is -0.467. The molecule has 1 aliphatic heterocycles. The number of carbonyl (C=O) groups is 1. The van der Waals surface area contributed by atoms with Crippen molar-refractivity contribution in [3.8, 4) is 11.5 Å². The normalized spacial score (nSPS) is 20.0. The third-order valence-corrected chi connectivity index (χ3v) is 4.15. The molecular formula is C16H22N2O3. The molecule has 1 saturated carbocycles. The largest absolute Gasteiger partial charge is 0.490 e. The SMILES string of the molecule is NC(=O)C(NC1CCCC1)c1ccc2c(c1)OCCCO2. The summed E-state index contributed by atoms with van der Waals surface area (Å²) in [6.45, 7) is 1.29. The molecule has 21 heavy (non-hydrogen) atoms. The molecule has 1 amide bonds. The van der Waals surface area contributed by atoms with E-state index in [1.54, 1.807) is 0 Å². The molecule has 1 aromatic carbocycles. The molecule has 0 radical (unpaired) electrons. The van der Waals surface area contributed by atoms with Gasteiger partial charge in [0.05, 0.1) is 13.2 Å². The van der Waals surface area contributed by atoms with Crippen LogP contribution < -0.4 is 20.5 Å². The fourth-order valence-corrected chi connectivity index (χ4v) is 3.03. The molecule has 0 aromatic heterocycles. The highest BCUT2D eigenvalue weighted by atomic mass is 16.5. The summed E-state index contributed by atoms with van der Waals surface area (Å²) in [6, 6.07) is 5.54. The van der Waals surface area contributed by atoms with Crippen LogP contribution >= 0.6 is 0 Å². The fourth-order valence-electron chi connectivity index (χ4n) is 3.03. The van der Waals surface area contributed by atoms with Gasteiger partial charge in [0.1, 0.15) is 6.04 Å². The van der Waals surface area contributed by atoms with E-state index < -0.39 is 6.04 Å². The van der Waals surface area contributed by atoms with Gasteiger partial charge < -0.3 is 15.2 Å². The van der Waals surface area contributed by atoms with Gasteiger partial charge in [0, 0.05) is 12.5 Å². The number of rotatable bonds is 4. The summed E-state index contributed by atoms with van der Waals surface area (Å²) in [4.78, 5) is 11.8. The molecule has 1 heterocycles. The number of fused-ring (bicyclic) bond motifs is 1. The summed E-state index contributed by atoms with van der Waals surface area (Å²) in [5.41, 5.74) is 6.43. The Hall–Kier alpha value is -1.75. The summed E-state index contributed by atoms with van der Waals surface area (Å²) in [5, 5.41) is 3.38. The fraction of sp³-hybridized carbons (Fsp3) is 0.562. The topological polar surface area (TPSA) is 73.6 Å². The summed E-state index contributed by atoms with van der Waals surface area (Å²) in [7, 11) is 0. The van der Waals surface area contributed by atoms with Crippen LogP contribution in [-0.4, -0.2) is 25.2 Å². The van der Waals surface area contributed by atoms with Crippen molar-refractivity contribution in [3.63, 3.8) is 0 Å². The molecule has 3 N–H and O–H groups in total. The molecule has 1 fully saturated rings. The third kappa shape index (κ3) is 3.29. The van der Waals surface area contributed by atoms with E-state index in [1.807, 2.05) is 18.2 Å². The Morgan fingerprint density at radius 1 is 1.14 bits per heavy atom. The van der Waals surface area contributed by atoms with Crippen LogP contribution in [0.3, 0.4) is 0 Å². The second-order valence-electron chi connectivity index (χ2n) is 5.74. The average Bonchev–Trinajstić information content (AvgIpc) is 2.87. The van der Waals surface area contributed by atoms with Crippen LogP contribution in [0.15, 0.2) is 18.2 Å². The standard InChI is InChI=1S/C16H22N2O3/c17-16(19)15(18-12-4-1-2-5-12)11-6-7-13-14(10-11)21-9-3-8-20-13/h6-7,10,12,15,18H,1-5,8-9H2,(H2,17,19). The maximum atomic E-state index is 11.8. The number of nitrogens with one attached hydrogen (secondary N) is 1. The second kappa shape index (κ2) is 6.35. The lowest BCUT2D eigenvalue weighted by Crippen LogP contribution is -2.38. The monoisotopic (exact) mass is 290 g/mol. The minimum absolute atomic E-state index is 0.351.